The van der Waals surface area contributed by atoms with Crippen molar-refractivity contribution in [2.45, 2.75) is 20.3 Å². The first-order chi connectivity index (χ1) is 12.6. The highest BCUT2D eigenvalue weighted by atomic mass is 19.1. The van der Waals surface area contributed by atoms with Gasteiger partial charge < -0.3 is 4.74 Å². The van der Waals surface area contributed by atoms with Crippen molar-refractivity contribution in [2.24, 2.45) is 0 Å². The maximum atomic E-state index is 13.0. The Labute approximate surface area is 151 Å². The van der Waals surface area contributed by atoms with Crippen LogP contribution in [0.2, 0.25) is 0 Å². The predicted octanol–water partition coefficient (Wildman–Crippen LogP) is 4.66. The Morgan fingerprint density at radius 2 is 1.65 bits per heavy atom. The number of amides is 1. The molecule has 0 aliphatic rings. The molecule has 26 heavy (non-hydrogen) atoms. The standard InChI is InChI=1S/C20H18FN3O2/c1-3-19-22-13-12-20(23-19)24(14(2)25)16-6-10-18(11-7-16)26-17-8-4-15(21)5-9-17/h4-13H,3H2,1-2H3. The zero-order valence-electron chi connectivity index (χ0n) is 14.5. The van der Waals surface area contributed by atoms with Gasteiger partial charge in [-0.2, -0.15) is 0 Å². The summed E-state index contributed by atoms with van der Waals surface area (Å²) in [6.45, 7) is 3.44. The number of aryl methyl sites for hydroxylation is 1. The second-order valence-corrected chi connectivity index (χ2v) is 5.59. The molecule has 1 amide bonds. The van der Waals surface area contributed by atoms with E-state index in [4.69, 9.17) is 4.74 Å². The predicted molar refractivity (Wildman–Crippen MR) is 97.1 cm³/mol. The average molecular weight is 351 g/mol. The van der Waals surface area contributed by atoms with E-state index in [9.17, 15) is 9.18 Å². The molecule has 0 atom stereocenters. The number of hydrogen-bond acceptors (Lipinski definition) is 4. The number of anilines is 2. The molecule has 0 fully saturated rings. The number of ether oxygens (including phenoxy) is 1. The van der Waals surface area contributed by atoms with Crippen LogP contribution in [0.3, 0.4) is 0 Å². The molecule has 1 heterocycles. The first-order valence-electron chi connectivity index (χ1n) is 8.23. The van der Waals surface area contributed by atoms with Crippen molar-refractivity contribution in [2.75, 3.05) is 4.90 Å². The SMILES string of the molecule is CCc1nccc(N(C(C)=O)c2ccc(Oc3ccc(F)cc3)cc2)n1. The summed E-state index contributed by atoms with van der Waals surface area (Å²) >= 11 is 0. The lowest BCUT2D eigenvalue weighted by Crippen LogP contribution is -2.24. The number of halogens is 1. The summed E-state index contributed by atoms with van der Waals surface area (Å²) in [4.78, 5) is 22.2. The van der Waals surface area contributed by atoms with Crippen LogP contribution in [-0.4, -0.2) is 15.9 Å². The van der Waals surface area contributed by atoms with Crippen LogP contribution in [-0.2, 0) is 11.2 Å². The highest BCUT2D eigenvalue weighted by Crippen LogP contribution is 2.28. The van der Waals surface area contributed by atoms with Gasteiger partial charge in [0.05, 0.1) is 5.69 Å². The molecule has 0 spiro atoms. The molecule has 0 saturated carbocycles. The zero-order valence-corrected chi connectivity index (χ0v) is 14.5. The second-order valence-electron chi connectivity index (χ2n) is 5.59. The first-order valence-corrected chi connectivity index (χ1v) is 8.23. The van der Waals surface area contributed by atoms with Crippen LogP contribution in [0.1, 0.15) is 19.7 Å². The van der Waals surface area contributed by atoms with Crippen molar-refractivity contribution < 1.29 is 13.9 Å². The maximum absolute atomic E-state index is 13.0. The fourth-order valence-electron chi connectivity index (χ4n) is 2.46. The van der Waals surface area contributed by atoms with Crippen LogP contribution >= 0.6 is 0 Å². The summed E-state index contributed by atoms with van der Waals surface area (Å²) in [5.74, 6) is 1.84. The largest absolute Gasteiger partial charge is 0.457 e. The number of nitrogens with zero attached hydrogens (tertiary/aromatic N) is 3. The van der Waals surface area contributed by atoms with Gasteiger partial charge in [0.25, 0.3) is 0 Å². The van der Waals surface area contributed by atoms with Gasteiger partial charge in [-0.3, -0.25) is 9.69 Å². The Morgan fingerprint density at radius 3 is 2.23 bits per heavy atom. The van der Waals surface area contributed by atoms with E-state index >= 15 is 0 Å². The number of rotatable bonds is 5. The van der Waals surface area contributed by atoms with Crippen LogP contribution in [0.5, 0.6) is 11.5 Å². The van der Waals surface area contributed by atoms with Gasteiger partial charge >= 0.3 is 0 Å². The number of carbonyl (C=O) groups is 1. The molecule has 2 aromatic carbocycles. The molecular weight excluding hydrogens is 333 g/mol. The third-order valence-electron chi connectivity index (χ3n) is 3.70. The molecule has 0 aliphatic heterocycles. The Balaban J connectivity index is 1.84. The maximum Gasteiger partial charge on any atom is 0.229 e. The minimum atomic E-state index is -0.318. The Bertz CT molecular complexity index is 896. The zero-order chi connectivity index (χ0) is 18.5. The highest BCUT2D eigenvalue weighted by Gasteiger charge is 2.16. The summed E-state index contributed by atoms with van der Waals surface area (Å²) in [6.07, 6.45) is 2.33. The van der Waals surface area contributed by atoms with Crippen LogP contribution < -0.4 is 9.64 Å². The topological polar surface area (TPSA) is 55.3 Å². The molecule has 3 rings (SSSR count). The molecule has 1 aromatic heterocycles. The molecule has 3 aromatic rings. The molecule has 0 radical (unpaired) electrons. The molecule has 0 aliphatic carbocycles. The molecular formula is C20H18FN3O2. The van der Waals surface area contributed by atoms with Crippen LogP contribution in [0.4, 0.5) is 15.9 Å². The van der Waals surface area contributed by atoms with E-state index in [2.05, 4.69) is 9.97 Å². The van der Waals surface area contributed by atoms with Crippen LogP contribution in [0, 0.1) is 5.82 Å². The normalized spacial score (nSPS) is 10.4. The summed E-state index contributed by atoms with van der Waals surface area (Å²) < 4.78 is 18.6. The van der Waals surface area contributed by atoms with E-state index in [-0.39, 0.29) is 11.7 Å². The second kappa shape index (κ2) is 7.74. The smallest absolute Gasteiger partial charge is 0.229 e. The van der Waals surface area contributed by atoms with Crippen molar-refractivity contribution in [3.05, 3.63) is 72.4 Å². The number of carbonyl (C=O) groups excluding carboxylic acids is 1. The van der Waals surface area contributed by atoms with Crippen molar-refractivity contribution in [1.29, 1.82) is 0 Å². The van der Waals surface area contributed by atoms with Crippen molar-refractivity contribution in [3.63, 3.8) is 0 Å². The Hall–Kier alpha value is -3.28. The van der Waals surface area contributed by atoms with Gasteiger partial charge in [0.15, 0.2) is 0 Å². The fourth-order valence-corrected chi connectivity index (χ4v) is 2.46. The summed E-state index contributed by atoms with van der Waals surface area (Å²) in [5, 5.41) is 0. The van der Waals surface area contributed by atoms with Gasteiger partial charge in [0.2, 0.25) is 5.91 Å². The minimum absolute atomic E-state index is 0.155. The lowest BCUT2D eigenvalue weighted by Gasteiger charge is -2.20. The molecule has 0 bridgehead atoms. The fraction of sp³-hybridized carbons (Fsp3) is 0.150. The van der Waals surface area contributed by atoms with E-state index in [0.717, 1.165) is 0 Å². The summed E-state index contributed by atoms with van der Waals surface area (Å²) in [5.41, 5.74) is 0.671. The molecule has 0 N–H and O–H groups in total. The van der Waals surface area contributed by atoms with Gasteiger partial charge in [-0.15, -0.1) is 0 Å². The van der Waals surface area contributed by atoms with Gasteiger partial charge in [-0.1, -0.05) is 6.92 Å². The highest BCUT2D eigenvalue weighted by molar-refractivity contribution is 5.98. The van der Waals surface area contributed by atoms with Crippen molar-refractivity contribution in [1.82, 2.24) is 9.97 Å². The Morgan fingerprint density at radius 1 is 1.04 bits per heavy atom. The van der Waals surface area contributed by atoms with E-state index in [1.54, 1.807) is 48.7 Å². The van der Waals surface area contributed by atoms with Gasteiger partial charge in [-0.25, -0.2) is 14.4 Å². The number of benzene rings is 2. The average Bonchev–Trinajstić information content (AvgIpc) is 2.65. The molecule has 132 valence electrons. The van der Waals surface area contributed by atoms with Crippen molar-refractivity contribution >= 4 is 17.4 Å². The molecule has 6 heteroatoms. The quantitative estimate of drug-likeness (QED) is 0.671. The van der Waals surface area contributed by atoms with Crippen molar-refractivity contribution in [3.8, 4) is 11.5 Å². The van der Waals surface area contributed by atoms with E-state index in [1.807, 2.05) is 6.92 Å². The molecule has 0 saturated heterocycles. The van der Waals surface area contributed by atoms with Crippen LogP contribution in [0.15, 0.2) is 60.8 Å². The first kappa shape index (κ1) is 17.5. The minimum Gasteiger partial charge on any atom is -0.457 e. The van der Waals surface area contributed by atoms with Gasteiger partial charge in [0, 0.05) is 19.5 Å². The Kier molecular flexibility index (Phi) is 5.22. The monoisotopic (exact) mass is 351 g/mol. The van der Waals surface area contributed by atoms with Gasteiger partial charge in [-0.05, 0) is 54.6 Å². The lowest BCUT2D eigenvalue weighted by molar-refractivity contribution is -0.115. The molecule has 0 unspecified atom stereocenters. The van der Waals surface area contributed by atoms with E-state index in [1.165, 1.54) is 24.0 Å². The summed E-state index contributed by atoms with van der Waals surface area (Å²) in [6, 6.07) is 14.5. The van der Waals surface area contributed by atoms with E-state index in [0.29, 0.717) is 35.2 Å². The number of hydrogen-bond donors (Lipinski definition) is 0. The van der Waals surface area contributed by atoms with Gasteiger partial charge in [0.1, 0.15) is 29.0 Å². The molecule has 5 nitrogen and oxygen atoms in total. The summed E-state index contributed by atoms with van der Waals surface area (Å²) in [7, 11) is 0. The number of aromatic nitrogens is 2. The third kappa shape index (κ3) is 4.03. The van der Waals surface area contributed by atoms with Crippen LogP contribution in [0.25, 0.3) is 0 Å². The van der Waals surface area contributed by atoms with E-state index < -0.39 is 0 Å². The lowest BCUT2D eigenvalue weighted by atomic mass is 10.2. The third-order valence-corrected chi connectivity index (χ3v) is 3.70.